The number of anilines is 3. The van der Waals surface area contributed by atoms with Crippen LogP contribution in [0.15, 0.2) is 73.2 Å². The van der Waals surface area contributed by atoms with Gasteiger partial charge >= 0.3 is 0 Å². The molecule has 0 spiro atoms. The molecule has 0 saturated carbocycles. The van der Waals surface area contributed by atoms with Crippen molar-refractivity contribution in [1.29, 1.82) is 0 Å². The van der Waals surface area contributed by atoms with Gasteiger partial charge in [0.15, 0.2) is 11.5 Å². The summed E-state index contributed by atoms with van der Waals surface area (Å²) in [4.78, 5) is 44.8. The van der Waals surface area contributed by atoms with E-state index in [2.05, 4.69) is 36.2 Å². The number of carbonyl (C=O) groups is 3. The third-order valence-corrected chi connectivity index (χ3v) is 8.03. The molecule has 3 aromatic heterocycles. The molecule has 5 N–H and O–H groups in total. The van der Waals surface area contributed by atoms with Gasteiger partial charge in [0.25, 0.3) is 5.91 Å². The van der Waals surface area contributed by atoms with Crippen LogP contribution in [0, 0.1) is 5.82 Å². The monoisotopic (exact) mass is 624 g/mol. The fourth-order valence-electron chi connectivity index (χ4n) is 5.88. The first-order valence-electron chi connectivity index (χ1n) is 14.3. The third-order valence-electron chi connectivity index (χ3n) is 8.03. The minimum Gasteiger partial charge on any atom is -0.364 e. The first kappa shape index (κ1) is 28.8. The Morgan fingerprint density at radius 1 is 1.02 bits per heavy atom. The van der Waals surface area contributed by atoms with E-state index in [0.717, 1.165) is 21.7 Å². The highest BCUT2D eigenvalue weighted by Crippen LogP contribution is 2.36. The average molecular weight is 625 g/mol. The molecule has 1 saturated heterocycles. The lowest BCUT2D eigenvalue weighted by molar-refractivity contribution is -0.137. The first-order chi connectivity index (χ1) is 22.2. The molecular weight excluding hydrogens is 598 g/mol. The molecule has 3 unspecified atom stereocenters. The van der Waals surface area contributed by atoms with Crippen LogP contribution >= 0.6 is 0 Å². The predicted molar refractivity (Wildman–Crippen MR) is 164 cm³/mol. The number of alkyl halides is 1. The summed E-state index contributed by atoms with van der Waals surface area (Å²) in [6.07, 6.45) is 2.49. The zero-order valence-electron chi connectivity index (χ0n) is 24.0. The van der Waals surface area contributed by atoms with Crippen molar-refractivity contribution in [2.24, 2.45) is 5.73 Å². The molecule has 3 amide bonds. The van der Waals surface area contributed by atoms with Gasteiger partial charge in [-0.15, -0.1) is 0 Å². The molecule has 2 aromatic carbocycles. The average Bonchev–Trinajstić information content (AvgIpc) is 3.76. The Morgan fingerprint density at radius 2 is 1.89 bits per heavy atom. The van der Waals surface area contributed by atoms with E-state index < -0.39 is 41.9 Å². The molecule has 7 rings (SSSR count). The number of halogens is 2. The van der Waals surface area contributed by atoms with Crippen LogP contribution in [0.25, 0.3) is 22.0 Å². The second-order valence-electron chi connectivity index (χ2n) is 11.0. The number of nitrogens with one attached hydrogen (secondary N) is 3. The molecule has 46 heavy (non-hydrogen) atoms. The molecule has 13 nitrogen and oxygen atoms in total. The summed E-state index contributed by atoms with van der Waals surface area (Å²) >= 11 is 0. The van der Waals surface area contributed by atoms with Crippen molar-refractivity contribution >= 4 is 45.8 Å². The zero-order chi connectivity index (χ0) is 31.9. The maximum Gasteiger partial charge on any atom is 0.269 e. The number of primary amides is 1. The Hall–Kier alpha value is -5.99. The number of carbonyl (C=O) groups excluding carboxylic acids is 3. The molecule has 5 aromatic rings. The molecule has 0 bridgehead atoms. The van der Waals surface area contributed by atoms with Crippen LogP contribution in [0.2, 0.25) is 0 Å². The zero-order valence-corrected chi connectivity index (χ0v) is 24.0. The fourth-order valence-corrected chi connectivity index (χ4v) is 5.88. The number of pyridine rings is 1. The van der Waals surface area contributed by atoms with Crippen LogP contribution in [0.4, 0.5) is 26.0 Å². The number of nitrogens with zero attached hydrogens (tertiary/aromatic N) is 6. The lowest BCUT2D eigenvalue weighted by atomic mass is 10.0. The Labute approximate surface area is 259 Å². The number of aromatic nitrogens is 5. The second kappa shape index (κ2) is 11.5. The minimum absolute atomic E-state index is 0.0455. The van der Waals surface area contributed by atoms with E-state index in [1.165, 1.54) is 29.1 Å². The molecule has 2 aliphatic heterocycles. The van der Waals surface area contributed by atoms with E-state index in [0.29, 0.717) is 22.3 Å². The van der Waals surface area contributed by atoms with E-state index >= 15 is 0 Å². The van der Waals surface area contributed by atoms with Crippen molar-refractivity contribution in [3.05, 3.63) is 90.3 Å². The van der Waals surface area contributed by atoms with Gasteiger partial charge < -0.3 is 26.6 Å². The van der Waals surface area contributed by atoms with Crippen LogP contribution in [-0.2, 0) is 16.1 Å². The van der Waals surface area contributed by atoms with Gasteiger partial charge in [0.05, 0.1) is 35.8 Å². The van der Waals surface area contributed by atoms with Crippen LogP contribution < -0.4 is 21.7 Å². The summed E-state index contributed by atoms with van der Waals surface area (Å²) in [5.74, 6) is -2.05. The number of amides is 3. The van der Waals surface area contributed by atoms with E-state index in [1.807, 2.05) is 6.07 Å². The number of benzene rings is 2. The van der Waals surface area contributed by atoms with Crippen LogP contribution in [0.1, 0.15) is 28.6 Å². The van der Waals surface area contributed by atoms with Crippen LogP contribution in [0.3, 0.4) is 0 Å². The molecule has 15 heteroatoms. The number of likely N-dealkylation sites (tertiary alicyclic amines) is 1. The quantitative estimate of drug-likeness (QED) is 0.212. The van der Waals surface area contributed by atoms with Crippen LogP contribution in [0.5, 0.6) is 0 Å². The Balaban J connectivity index is 1.12. The second-order valence-corrected chi connectivity index (χ2v) is 11.0. The number of fused-ring (bicyclic) bond motifs is 2. The van der Waals surface area contributed by atoms with Gasteiger partial charge in [-0.05, 0) is 48.0 Å². The highest BCUT2D eigenvalue weighted by molar-refractivity contribution is 6.05. The lowest BCUT2D eigenvalue weighted by Gasteiger charge is -2.25. The van der Waals surface area contributed by atoms with Crippen molar-refractivity contribution < 1.29 is 23.2 Å². The van der Waals surface area contributed by atoms with Gasteiger partial charge in [0.2, 0.25) is 11.8 Å². The van der Waals surface area contributed by atoms with Crippen molar-refractivity contribution in [3.63, 3.8) is 0 Å². The van der Waals surface area contributed by atoms with Gasteiger partial charge in [-0.2, -0.15) is 15.3 Å². The lowest BCUT2D eigenvalue weighted by Crippen LogP contribution is -2.44. The topological polar surface area (TPSA) is 173 Å². The number of nitrogens with two attached hydrogens (primary N) is 1. The summed E-state index contributed by atoms with van der Waals surface area (Å²) in [6, 6.07) is 13.3. The van der Waals surface area contributed by atoms with Gasteiger partial charge in [-0.3, -0.25) is 19.1 Å². The summed E-state index contributed by atoms with van der Waals surface area (Å²) in [7, 11) is 0. The van der Waals surface area contributed by atoms with Gasteiger partial charge in [0.1, 0.15) is 30.7 Å². The molecule has 0 aliphatic carbocycles. The Bertz CT molecular complexity index is 1980. The first-order valence-corrected chi connectivity index (χ1v) is 14.3. The largest absolute Gasteiger partial charge is 0.364 e. The molecule has 232 valence electrons. The SMILES string of the molecule is NC(=O)c1nn(CC(=O)N2CC(F)CC2C(=O)Nc2cc(F)ccc2C2Nc3cccnc3N2)c2ccc(-c3ccnnc3)cc12. The Morgan fingerprint density at radius 3 is 2.67 bits per heavy atom. The number of hydrogen-bond acceptors (Lipinski definition) is 9. The van der Waals surface area contributed by atoms with E-state index in [9.17, 15) is 23.2 Å². The van der Waals surface area contributed by atoms with Gasteiger partial charge in [-0.1, -0.05) is 12.1 Å². The van der Waals surface area contributed by atoms with Crippen molar-refractivity contribution in [1.82, 2.24) is 29.9 Å². The molecule has 1 fully saturated rings. The standard InChI is InChI=1S/C31H26F2N10O3/c32-18-4-5-20(29-38-22-2-1-8-35-30(22)40-29)23(11-18)39-31(46)25-12-19(33)14-42(25)26(44)15-43-24-6-3-16(17-7-9-36-37-13-17)10-21(24)27(41-43)28(34)45/h1-11,13,19,25,29,38H,12,14-15H2,(H2,34,45)(H,35,40)(H,39,46). The molecule has 5 heterocycles. The van der Waals surface area contributed by atoms with Crippen molar-refractivity contribution in [2.75, 3.05) is 22.5 Å². The molecule has 3 atom stereocenters. The Kier molecular flexibility index (Phi) is 7.19. The van der Waals surface area contributed by atoms with Crippen molar-refractivity contribution in [3.8, 4) is 11.1 Å². The molecule has 0 radical (unpaired) electrons. The van der Waals surface area contributed by atoms with Crippen LogP contribution in [-0.4, -0.2) is 66.3 Å². The maximum atomic E-state index is 14.8. The number of rotatable bonds is 7. The number of hydrogen-bond donors (Lipinski definition) is 4. The van der Waals surface area contributed by atoms with E-state index in [4.69, 9.17) is 5.73 Å². The van der Waals surface area contributed by atoms with Gasteiger partial charge in [0, 0.05) is 29.1 Å². The fraction of sp³-hybridized carbons (Fsp3) is 0.194. The summed E-state index contributed by atoms with van der Waals surface area (Å²) in [5, 5.41) is 21.5. The summed E-state index contributed by atoms with van der Waals surface area (Å²) < 4.78 is 30.4. The van der Waals surface area contributed by atoms with Crippen molar-refractivity contribution in [2.45, 2.75) is 31.3 Å². The summed E-state index contributed by atoms with van der Waals surface area (Å²) in [6.45, 7) is -0.705. The third kappa shape index (κ3) is 5.31. The maximum absolute atomic E-state index is 14.8. The predicted octanol–water partition coefficient (Wildman–Crippen LogP) is 3.24. The highest BCUT2D eigenvalue weighted by atomic mass is 19.1. The highest BCUT2D eigenvalue weighted by Gasteiger charge is 2.40. The minimum atomic E-state index is -1.46. The van der Waals surface area contributed by atoms with E-state index in [1.54, 1.807) is 42.7 Å². The normalized spacial score (nSPS) is 18.6. The smallest absolute Gasteiger partial charge is 0.269 e. The van der Waals surface area contributed by atoms with Gasteiger partial charge in [-0.25, -0.2) is 13.8 Å². The van der Waals surface area contributed by atoms with E-state index in [-0.39, 0.29) is 30.9 Å². The molecular formula is C31H26F2N10O3. The molecule has 2 aliphatic rings. The summed E-state index contributed by atoms with van der Waals surface area (Å²) in [5.41, 5.74) is 8.89.